The number of aromatic nitrogens is 1. The first-order valence-electron chi connectivity index (χ1n) is 13.7. The summed E-state index contributed by atoms with van der Waals surface area (Å²) in [5.74, 6) is 0. The van der Waals surface area contributed by atoms with Crippen LogP contribution in [0.5, 0.6) is 0 Å². The first-order valence-corrected chi connectivity index (χ1v) is 15.4. The summed E-state index contributed by atoms with van der Waals surface area (Å²) in [6, 6.07) is 57.1. The van der Waals surface area contributed by atoms with Gasteiger partial charge in [-0.1, -0.05) is 72.8 Å². The minimum atomic E-state index is -2.01. The van der Waals surface area contributed by atoms with E-state index in [-0.39, 0.29) is 0 Å². The molecule has 0 fully saturated rings. The molecule has 0 spiro atoms. The van der Waals surface area contributed by atoms with Crippen molar-refractivity contribution in [1.29, 1.82) is 10.5 Å². The summed E-state index contributed by atoms with van der Waals surface area (Å²) >= 11 is 0. The average Bonchev–Trinajstić information content (AvgIpc) is 3.41. The van der Waals surface area contributed by atoms with Gasteiger partial charge < -0.3 is 4.57 Å². The third kappa shape index (κ3) is 3.90. The lowest BCUT2D eigenvalue weighted by Gasteiger charge is -2.42. The van der Waals surface area contributed by atoms with E-state index in [2.05, 4.69) is 138 Å². The highest BCUT2D eigenvalue weighted by Gasteiger charge is 2.34. The van der Waals surface area contributed by atoms with Gasteiger partial charge >= 0.3 is 0 Å². The zero-order valence-corrected chi connectivity index (χ0v) is 23.5. The van der Waals surface area contributed by atoms with Gasteiger partial charge in [0.1, 0.15) is 12.1 Å². The number of benzene rings is 6. The first kappa shape index (κ1) is 25.4. The summed E-state index contributed by atoms with van der Waals surface area (Å²) < 4.78 is 2.33. The maximum atomic E-state index is 9.97. The van der Waals surface area contributed by atoms with Crippen molar-refractivity contribution in [2.24, 2.45) is 0 Å². The largest absolute Gasteiger partial charge is 0.309 e. The normalized spacial score (nSPS) is 11.7. The van der Waals surface area contributed by atoms with Crippen LogP contribution in [0.1, 0.15) is 11.1 Å². The third-order valence-electron chi connectivity index (χ3n) is 7.81. The quantitative estimate of drug-likeness (QED) is 0.212. The summed E-state index contributed by atoms with van der Waals surface area (Å²) in [5, 5.41) is 22.1. The lowest BCUT2D eigenvalue weighted by atomic mass is 10.1. The fourth-order valence-electron chi connectivity index (χ4n) is 5.97. The molecule has 0 radical (unpaired) electrons. The molecule has 0 saturated carbocycles. The molecule has 0 aliphatic carbocycles. The highest BCUT2D eigenvalue weighted by Crippen LogP contribution is 2.73. The number of para-hydroxylation sites is 2. The van der Waals surface area contributed by atoms with Crippen LogP contribution < -0.4 is 0 Å². The molecule has 42 heavy (non-hydrogen) atoms. The van der Waals surface area contributed by atoms with Gasteiger partial charge in [0, 0.05) is 36.0 Å². The first-order chi connectivity index (χ1) is 20.8. The number of hydrogen-bond donors (Lipinski definition) is 0. The maximum absolute atomic E-state index is 9.97. The number of hydrogen-bond acceptors (Lipinski definition) is 2. The average molecular weight is 556 g/mol. The van der Waals surface area contributed by atoms with Crippen LogP contribution >= 0.6 is 10.0 Å². The second-order valence-electron chi connectivity index (χ2n) is 10.0. The van der Waals surface area contributed by atoms with E-state index < -0.39 is 10.0 Å². The summed E-state index contributed by atoms with van der Waals surface area (Å²) in [6.07, 6.45) is 0. The van der Waals surface area contributed by atoms with Crippen LogP contribution in [0.2, 0.25) is 0 Å². The van der Waals surface area contributed by atoms with E-state index in [0.717, 1.165) is 25.3 Å². The summed E-state index contributed by atoms with van der Waals surface area (Å²) in [7, 11) is -2.01. The molecule has 0 aliphatic rings. The van der Waals surface area contributed by atoms with Crippen LogP contribution in [0.4, 0.5) is 0 Å². The molecular weight excluding hydrogens is 531 g/mol. The van der Waals surface area contributed by atoms with E-state index in [1.165, 1.54) is 21.8 Å². The van der Waals surface area contributed by atoms with Gasteiger partial charge in [-0.25, -0.2) is 0 Å². The predicted octanol–water partition coefficient (Wildman–Crippen LogP) is 9.87. The maximum Gasteiger partial charge on any atom is 0.101 e. The summed E-state index contributed by atoms with van der Waals surface area (Å²) in [6.45, 7) is 0. The summed E-state index contributed by atoms with van der Waals surface area (Å²) in [4.78, 5) is 4.49. The molecule has 4 heteroatoms. The Bertz CT molecular complexity index is 2060. The van der Waals surface area contributed by atoms with Crippen LogP contribution in [0.25, 0.3) is 27.5 Å². The topological polar surface area (TPSA) is 52.5 Å². The van der Waals surface area contributed by atoms with Crippen molar-refractivity contribution in [2.75, 3.05) is 0 Å². The molecule has 1 heterocycles. The van der Waals surface area contributed by atoms with Crippen LogP contribution in [0.15, 0.2) is 171 Å². The van der Waals surface area contributed by atoms with Crippen molar-refractivity contribution in [2.45, 2.75) is 19.6 Å². The molecule has 0 amide bonds. The van der Waals surface area contributed by atoms with Gasteiger partial charge in [0.25, 0.3) is 0 Å². The lowest BCUT2D eigenvalue weighted by molar-refractivity contribution is 1.16. The van der Waals surface area contributed by atoms with E-state index in [0.29, 0.717) is 11.1 Å². The second kappa shape index (κ2) is 10.5. The Kier molecular flexibility index (Phi) is 6.32. The fourth-order valence-corrected chi connectivity index (χ4v) is 9.84. The Balaban J connectivity index is 1.51. The summed E-state index contributed by atoms with van der Waals surface area (Å²) in [5.41, 5.74) is 4.20. The van der Waals surface area contributed by atoms with Gasteiger partial charge in [0.2, 0.25) is 0 Å². The third-order valence-corrected chi connectivity index (χ3v) is 11.7. The number of nitrogens with zero attached hydrogens (tertiary/aromatic N) is 3. The van der Waals surface area contributed by atoms with Gasteiger partial charge in [-0.3, -0.25) is 0 Å². The number of rotatable bonds is 5. The van der Waals surface area contributed by atoms with E-state index >= 15 is 0 Å². The molecule has 7 aromatic rings. The van der Waals surface area contributed by atoms with Crippen LogP contribution in [-0.2, 0) is 0 Å². The molecule has 6 aromatic carbocycles. The van der Waals surface area contributed by atoms with E-state index in [4.69, 9.17) is 0 Å². The van der Waals surface area contributed by atoms with E-state index in [1.54, 1.807) is 6.07 Å². The molecule has 0 N–H and O–H groups in total. The zero-order chi connectivity index (χ0) is 28.5. The van der Waals surface area contributed by atoms with E-state index in [1.807, 2.05) is 24.3 Å². The molecule has 3 nitrogen and oxygen atoms in total. The van der Waals surface area contributed by atoms with E-state index in [9.17, 15) is 10.5 Å². The second-order valence-corrected chi connectivity index (χ2v) is 13.1. The van der Waals surface area contributed by atoms with Crippen LogP contribution in [-0.4, -0.2) is 4.57 Å². The van der Waals surface area contributed by atoms with Gasteiger partial charge in [-0.2, -0.15) is 10.5 Å². The number of nitriles is 2. The van der Waals surface area contributed by atoms with Crippen LogP contribution in [0, 0.1) is 22.7 Å². The molecule has 0 saturated heterocycles. The molecule has 7 rings (SSSR count). The van der Waals surface area contributed by atoms with Crippen molar-refractivity contribution in [1.82, 2.24) is 4.57 Å². The van der Waals surface area contributed by atoms with Crippen molar-refractivity contribution in [3.63, 3.8) is 0 Å². The SMILES string of the molecule is N#Cc1ccc(S(c2ccccc2)(c2ccccc2)c2ccc(-n3c4ccccc4c4ccccc43)cc2)cc1C#N. The van der Waals surface area contributed by atoms with Crippen LogP contribution in [0.3, 0.4) is 0 Å². The monoisotopic (exact) mass is 555 g/mol. The van der Waals surface area contributed by atoms with Crippen molar-refractivity contribution >= 4 is 31.8 Å². The zero-order valence-electron chi connectivity index (χ0n) is 22.7. The standard InChI is InChI=1S/C38H25N3S/c39-26-28-19-22-34(25-29(28)27-40)42(31-11-3-1-4-12-31,32-13-5-2-6-14-32)33-23-20-30(21-24-33)41-37-17-9-7-15-35(37)36-16-8-10-18-38(36)41/h1-25H. The minimum absolute atomic E-state index is 0.386. The lowest BCUT2D eigenvalue weighted by Crippen LogP contribution is -2.06. The molecule has 0 bridgehead atoms. The molecule has 0 unspecified atom stereocenters. The Hall–Kier alpha value is -5.55. The van der Waals surface area contributed by atoms with Crippen molar-refractivity contribution < 1.29 is 0 Å². The molecule has 1 aromatic heterocycles. The Morgan fingerprint density at radius 2 is 0.881 bits per heavy atom. The van der Waals surface area contributed by atoms with Gasteiger partial charge in [0.15, 0.2) is 0 Å². The molecular formula is C38H25N3S. The fraction of sp³-hybridized carbons (Fsp3) is 0. The highest BCUT2D eigenvalue weighted by molar-refractivity contribution is 8.34. The van der Waals surface area contributed by atoms with Gasteiger partial charge in [-0.15, -0.1) is 10.0 Å². The Morgan fingerprint density at radius 1 is 0.429 bits per heavy atom. The molecule has 0 aliphatic heterocycles. The Morgan fingerprint density at radius 3 is 1.40 bits per heavy atom. The van der Waals surface area contributed by atoms with Gasteiger partial charge in [-0.05, 0) is 78.9 Å². The predicted molar refractivity (Wildman–Crippen MR) is 170 cm³/mol. The molecule has 198 valence electrons. The minimum Gasteiger partial charge on any atom is -0.309 e. The number of fused-ring (bicyclic) bond motifs is 3. The van der Waals surface area contributed by atoms with Crippen molar-refractivity contribution in [3.05, 3.63) is 163 Å². The Labute approximate surface area is 246 Å². The van der Waals surface area contributed by atoms with Crippen molar-refractivity contribution in [3.8, 4) is 17.8 Å². The smallest absolute Gasteiger partial charge is 0.101 e. The highest BCUT2D eigenvalue weighted by atomic mass is 32.3. The van der Waals surface area contributed by atoms with Gasteiger partial charge in [0.05, 0.1) is 22.2 Å². The molecule has 0 atom stereocenters.